The highest BCUT2D eigenvalue weighted by molar-refractivity contribution is 5.87. The van der Waals surface area contributed by atoms with Crippen molar-refractivity contribution < 1.29 is 4.79 Å². The van der Waals surface area contributed by atoms with Gasteiger partial charge in [-0.05, 0) is 38.5 Å². The minimum Gasteiger partial charge on any atom is -0.298 e. The Morgan fingerprint density at radius 1 is 1.44 bits per heavy atom. The number of fused-ring (bicyclic) bond motifs is 1. The number of rotatable bonds is 4. The first-order chi connectivity index (χ1) is 7.38. The quantitative estimate of drug-likeness (QED) is 0.730. The van der Waals surface area contributed by atoms with E-state index in [0.29, 0.717) is 11.7 Å². The third-order valence-corrected chi connectivity index (χ3v) is 4.65. The molecule has 2 fully saturated rings. The fourth-order valence-corrected chi connectivity index (χ4v) is 3.00. The van der Waals surface area contributed by atoms with Crippen LogP contribution < -0.4 is 0 Å². The van der Waals surface area contributed by atoms with Crippen LogP contribution in [-0.2, 0) is 4.79 Å². The van der Waals surface area contributed by atoms with Crippen molar-refractivity contribution in [1.29, 1.82) is 0 Å². The largest absolute Gasteiger partial charge is 0.298 e. The second kappa shape index (κ2) is 3.83. The van der Waals surface area contributed by atoms with Crippen LogP contribution in [0.15, 0.2) is 0 Å². The molecule has 0 N–H and O–H groups in total. The molecule has 2 heteroatoms. The van der Waals surface area contributed by atoms with Crippen molar-refractivity contribution in [2.75, 3.05) is 6.54 Å². The number of carbonyl (C=O) groups excluding carboxylic acids is 1. The van der Waals surface area contributed by atoms with Gasteiger partial charge in [-0.25, -0.2) is 0 Å². The van der Waals surface area contributed by atoms with Gasteiger partial charge >= 0.3 is 0 Å². The third kappa shape index (κ3) is 1.81. The number of Topliss-reactive ketones (excluding diaryl/α,β-unsaturated/α-hetero) is 1. The summed E-state index contributed by atoms with van der Waals surface area (Å²) >= 11 is 0. The molecule has 0 aromatic rings. The zero-order chi connectivity index (χ0) is 12.1. The first-order valence-electron chi connectivity index (χ1n) is 6.69. The predicted molar refractivity (Wildman–Crippen MR) is 66.3 cm³/mol. The Morgan fingerprint density at radius 2 is 2.06 bits per heavy atom. The van der Waals surface area contributed by atoms with Crippen molar-refractivity contribution in [2.24, 2.45) is 17.8 Å². The van der Waals surface area contributed by atoms with Crippen LogP contribution >= 0.6 is 0 Å². The monoisotopic (exact) mass is 223 g/mol. The zero-order valence-corrected chi connectivity index (χ0v) is 11.3. The smallest absolute Gasteiger partial charge is 0.152 e. The van der Waals surface area contributed by atoms with Crippen molar-refractivity contribution in [3.8, 4) is 0 Å². The van der Waals surface area contributed by atoms with Gasteiger partial charge in [0.25, 0.3) is 0 Å². The number of ketones is 1. The Hall–Kier alpha value is -0.370. The van der Waals surface area contributed by atoms with E-state index in [0.717, 1.165) is 18.9 Å². The van der Waals surface area contributed by atoms with Gasteiger partial charge in [0.05, 0.1) is 6.04 Å². The van der Waals surface area contributed by atoms with Gasteiger partial charge in [-0.2, -0.15) is 0 Å². The Balaban J connectivity index is 2.17. The lowest BCUT2D eigenvalue weighted by molar-refractivity contribution is -0.129. The lowest BCUT2D eigenvalue weighted by atomic mass is 9.92. The fraction of sp³-hybridized carbons (Fsp3) is 0.929. The average molecular weight is 223 g/mol. The van der Waals surface area contributed by atoms with Gasteiger partial charge in [-0.15, -0.1) is 0 Å². The molecular formula is C14H25NO. The number of nitrogens with zero attached hydrogens (tertiary/aromatic N) is 1. The predicted octanol–water partition coefficient (Wildman–Crippen LogP) is 2.72. The summed E-state index contributed by atoms with van der Waals surface area (Å²) in [5.74, 6) is 2.14. The van der Waals surface area contributed by atoms with Gasteiger partial charge in [0.15, 0.2) is 5.78 Å². The van der Waals surface area contributed by atoms with E-state index in [1.54, 1.807) is 0 Å². The van der Waals surface area contributed by atoms with Crippen LogP contribution in [0.2, 0.25) is 0 Å². The highest BCUT2D eigenvalue weighted by Gasteiger charge is 2.57. The van der Waals surface area contributed by atoms with Crippen molar-refractivity contribution in [2.45, 2.75) is 59.0 Å². The van der Waals surface area contributed by atoms with Gasteiger partial charge in [0, 0.05) is 18.0 Å². The summed E-state index contributed by atoms with van der Waals surface area (Å²) < 4.78 is 0. The molecule has 1 saturated heterocycles. The number of hydrogen-bond donors (Lipinski definition) is 0. The first kappa shape index (κ1) is 12.1. The zero-order valence-electron chi connectivity index (χ0n) is 11.3. The maximum atomic E-state index is 12.3. The summed E-state index contributed by atoms with van der Waals surface area (Å²) in [5.41, 5.74) is 0.183. The van der Waals surface area contributed by atoms with Crippen LogP contribution in [0, 0.1) is 17.8 Å². The molecule has 0 aromatic heterocycles. The Labute approximate surface area is 99.4 Å². The summed E-state index contributed by atoms with van der Waals surface area (Å²) in [7, 11) is 0. The molecular weight excluding hydrogens is 198 g/mol. The second-order valence-electron chi connectivity index (χ2n) is 6.48. The van der Waals surface area contributed by atoms with Crippen LogP contribution in [-0.4, -0.2) is 28.8 Å². The van der Waals surface area contributed by atoms with E-state index in [1.807, 2.05) is 13.8 Å². The van der Waals surface area contributed by atoms with Crippen molar-refractivity contribution >= 4 is 5.78 Å². The van der Waals surface area contributed by atoms with Crippen molar-refractivity contribution in [3.63, 3.8) is 0 Å². The first-order valence-corrected chi connectivity index (χ1v) is 6.69. The summed E-state index contributed by atoms with van der Waals surface area (Å²) in [6.45, 7) is 12.0. The normalized spacial score (nSPS) is 34.2. The Morgan fingerprint density at radius 3 is 2.56 bits per heavy atom. The third-order valence-electron chi connectivity index (χ3n) is 4.65. The standard InChI is InChI=1S/C14H25NO/c1-6-14(4,5)15-8-10-7-11(10)12(15)13(16)9(2)3/h9-12H,6-8H2,1-5H3/t10-,11?,12-/m0/s1. The highest BCUT2D eigenvalue weighted by Crippen LogP contribution is 2.52. The van der Waals surface area contributed by atoms with Crippen LogP contribution in [0.5, 0.6) is 0 Å². The van der Waals surface area contributed by atoms with E-state index in [1.165, 1.54) is 6.42 Å². The average Bonchev–Trinajstić information content (AvgIpc) is 2.88. The van der Waals surface area contributed by atoms with Gasteiger partial charge < -0.3 is 0 Å². The molecule has 1 aliphatic heterocycles. The summed E-state index contributed by atoms with van der Waals surface area (Å²) in [6.07, 6.45) is 2.41. The van der Waals surface area contributed by atoms with Gasteiger partial charge in [0.2, 0.25) is 0 Å². The minimum atomic E-state index is 0.180. The second-order valence-corrected chi connectivity index (χ2v) is 6.48. The topological polar surface area (TPSA) is 20.3 Å². The summed E-state index contributed by atoms with van der Waals surface area (Å²) in [4.78, 5) is 14.8. The van der Waals surface area contributed by atoms with Crippen LogP contribution in [0.25, 0.3) is 0 Å². The number of carbonyl (C=O) groups is 1. The summed E-state index contributed by atoms with van der Waals surface area (Å²) in [5, 5.41) is 0. The molecule has 1 unspecified atom stereocenters. The van der Waals surface area contributed by atoms with E-state index in [-0.39, 0.29) is 17.5 Å². The molecule has 2 rings (SSSR count). The molecule has 0 bridgehead atoms. The SMILES string of the molecule is CCC(C)(C)N1C[C@@H]2CC2[C@H]1C(=O)C(C)C. The number of hydrogen-bond acceptors (Lipinski definition) is 2. The molecule has 1 heterocycles. The van der Waals surface area contributed by atoms with E-state index >= 15 is 0 Å². The molecule has 1 saturated carbocycles. The Bertz CT molecular complexity index is 295. The van der Waals surface area contributed by atoms with E-state index in [2.05, 4.69) is 25.7 Å². The molecule has 2 aliphatic rings. The molecule has 0 aromatic carbocycles. The Kier molecular flexibility index (Phi) is 2.90. The minimum absolute atomic E-state index is 0.180. The maximum Gasteiger partial charge on any atom is 0.152 e. The maximum absolute atomic E-state index is 12.3. The van der Waals surface area contributed by atoms with E-state index < -0.39 is 0 Å². The molecule has 3 atom stereocenters. The molecule has 0 radical (unpaired) electrons. The molecule has 92 valence electrons. The lowest BCUT2D eigenvalue weighted by Crippen LogP contribution is -2.52. The molecule has 0 spiro atoms. The number of piperidine rings is 1. The van der Waals surface area contributed by atoms with Gasteiger partial charge in [0.1, 0.15) is 0 Å². The van der Waals surface area contributed by atoms with Gasteiger partial charge in [-0.1, -0.05) is 20.8 Å². The van der Waals surface area contributed by atoms with Gasteiger partial charge in [-0.3, -0.25) is 9.69 Å². The van der Waals surface area contributed by atoms with E-state index in [9.17, 15) is 4.79 Å². The highest BCUT2D eigenvalue weighted by atomic mass is 16.1. The lowest BCUT2D eigenvalue weighted by Gasteiger charge is -2.40. The summed E-state index contributed by atoms with van der Waals surface area (Å²) in [6, 6.07) is 0.222. The molecule has 2 nitrogen and oxygen atoms in total. The molecule has 0 amide bonds. The van der Waals surface area contributed by atoms with Crippen LogP contribution in [0.3, 0.4) is 0 Å². The van der Waals surface area contributed by atoms with Crippen LogP contribution in [0.1, 0.15) is 47.5 Å². The molecule has 1 aliphatic carbocycles. The molecule has 16 heavy (non-hydrogen) atoms. The van der Waals surface area contributed by atoms with Crippen molar-refractivity contribution in [1.82, 2.24) is 4.90 Å². The van der Waals surface area contributed by atoms with Crippen LogP contribution in [0.4, 0.5) is 0 Å². The van der Waals surface area contributed by atoms with Crippen molar-refractivity contribution in [3.05, 3.63) is 0 Å². The number of likely N-dealkylation sites (tertiary alicyclic amines) is 1. The van der Waals surface area contributed by atoms with E-state index in [4.69, 9.17) is 0 Å². The fourth-order valence-electron chi connectivity index (χ4n) is 3.00.